The molecule has 3 heterocycles. The monoisotopic (exact) mass is 350 g/mol. The molecule has 2 fully saturated rings. The van der Waals surface area contributed by atoms with Gasteiger partial charge in [0.25, 0.3) is 0 Å². The van der Waals surface area contributed by atoms with Crippen molar-refractivity contribution in [2.75, 3.05) is 38.2 Å². The molecule has 5 nitrogen and oxygen atoms in total. The molecule has 2 aliphatic rings. The Labute approximate surface area is 144 Å². The topological polar surface area (TPSA) is 41.5 Å². The van der Waals surface area contributed by atoms with Crippen molar-refractivity contribution in [3.8, 4) is 0 Å². The van der Waals surface area contributed by atoms with Gasteiger partial charge in [-0.05, 0) is 24.7 Å². The molecule has 2 saturated heterocycles. The molecule has 4 rings (SSSR count). The average Bonchev–Trinajstić information content (AvgIpc) is 3.17. The number of nitrogens with zero attached hydrogens (tertiary/aromatic N) is 4. The molecule has 1 aromatic carbocycles. The van der Waals surface area contributed by atoms with E-state index in [0.29, 0.717) is 6.04 Å². The lowest BCUT2D eigenvalue weighted by Gasteiger charge is -2.33. The maximum atomic E-state index is 5.93. The summed E-state index contributed by atoms with van der Waals surface area (Å²) in [4.78, 5) is 4.70. The summed E-state index contributed by atoms with van der Waals surface area (Å²) in [6, 6.07) is 8.37. The van der Waals surface area contributed by atoms with Crippen molar-refractivity contribution < 1.29 is 4.74 Å². The van der Waals surface area contributed by atoms with E-state index in [4.69, 9.17) is 16.3 Å². The zero-order valence-corrected chi connectivity index (χ0v) is 14.6. The number of aromatic nitrogens is 2. The fourth-order valence-corrected chi connectivity index (χ4v) is 4.25. The molecular formula is C16H19ClN4OS. The first kappa shape index (κ1) is 15.3. The van der Waals surface area contributed by atoms with E-state index >= 15 is 0 Å². The van der Waals surface area contributed by atoms with Gasteiger partial charge in [-0.25, -0.2) is 0 Å². The summed E-state index contributed by atoms with van der Waals surface area (Å²) < 4.78 is 5.90. The fraction of sp³-hybridized carbons (Fsp3) is 0.500. The number of halogens is 1. The van der Waals surface area contributed by atoms with E-state index in [-0.39, 0.29) is 6.10 Å². The molecule has 122 valence electrons. The Bertz CT molecular complexity index is 677. The Kier molecular flexibility index (Phi) is 4.24. The molecule has 2 atom stereocenters. The van der Waals surface area contributed by atoms with Crippen LogP contribution in [0.4, 0.5) is 5.13 Å². The standard InChI is InChI=1S/C16H19ClN4OS/c1-20-6-7-22-14-10-21(9-13(14)20)16-19-18-15(23-16)8-11-2-4-12(17)5-3-11/h2-5,13-14H,6-10H2,1H3. The molecular weight excluding hydrogens is 332 g/mol. The van der Waals surface area contributed by atoms with Crippen LogP contribution < -0.4 is 4.90 Å². The van der Waals surface area contributed by atoms with E-state index in [1.54, 1.807) is 11.3 Å². The van der Waals surface area contributed by atoms with Crippen molar-refractivity contribution >= 4 is 28.1 Å². The van der Waals surface area contributed by atoms with Crippen LogP contribution in [0.1, 0.15) is 10.6 Å². The molecule has 7 heteroatoms. The van der Waals surface area contributed by atoms with Crippen LogP contribution in [0, 0.1) is 0 Å². The molecule has 0 spiro atoms. The minimum atomic E-state index is 0.289. The quantitative estimate of drug-likeness (QED) is 0.849. The van der Waals surface area contributed by atoms with Crippen molar-refractivity contribution in [1.29, 1.82) is 0 Å². The highest BCUT2D eigenvalue weighted by Crippen LogP contribution is 2.29. The highest BCUT2D eigenvalue weighted by atomic mass is 35.5. The summed E-state index contributed by atoms with van der Waals surface area (Å²) in [5.74, 6) is 0. The van der Waals surface area contributed by atoms with Gasteiger partial charge in [0.2, 0.25) is 5.13 Å². The zero-order chi connectivity index (χ0) is 15.8. The number of benzene rings is 1. The first-order valence-corrected chi connectivity index (χ1v) is 9.02. The van der Waals surface area contributed by atoms with E-state index in [1.807, 2.05) is 24.3 Å². The van der Waals surface area contributed by atoms with Gasteiger partial charge >= 0.3 is 0 Å². The SMILES string of the molecule is CN1CCOC2CN(c3nnc(Cc4ccc(Cl)cc4)s3)CC21. The van der Waals surface area contributed by atoms with Gasteiger partial charge in [0, 0.05) is 31.1 Å². The van der Waals surface area contributed by atoms with Gasteiger partial charge < -0.3 is 9.64 Å². The second-order valence-electron chi connectivity index (χ2n) is 6.14. The summed E-state index contributed by atoms with van der Waals surface area (Å²) in [6.07, 6.45) is 1.09. The second kappa shape index (κ2) is 6.36. The smallest absolute Gasteiger partial charge is 0.208 e. The van der Waals surface area contributed by atoms with Gasteiger partial charge in [0.05, 0.1) is 18.8 Å². The Morgan fingerprint density at radius 3 is 2.87 bits per heavy atom. The predicted octanol–water partition coefficient (Wildman–Crippen LogP) is 2.30. The summed E-state index contributed by atoms with van der Waals surface area (Å²) in [5, 5.41) is 11.5. The van der Waals surface area contributed by atoms with Crippen LogP contribution >= 0.6 is 22.9 Å². The number of hydrogen-bond acceptors (Lipinski definition) is 6. The van der Waals surface area contributed by atoms with Gasteiger partial charge in [0.15, 0.2) is 0 Å². The predicted molar refractivity (Wildman–Crippen MR) is 92.5 cm³/mol. The van der Waals surface area contributed by atoms with Crippen molar-refractivity contribution in [1.82, 2.24) is 15.1 Å². The Morgan fingerprint density at radius 1 is 1.26 bits per heavy atom. The number of fused-ring (bicyclic) bond motifs is 1. The van der Waals surface area contributed by atoms with E-state index < -0.39 is 0 Å². The van der Waals surface area contributed by atoms with E-state index in [0.717, 1.165) is 47.8 Å². The third-order valence-electron chi connectivity index (χ3n) is 4.57. The summed E-state index contributed by atoms with van der Waals surface area (Å²) in [6.45, 7) is 3.71. The van der Waals surface area contributed by atoms with Crippen LogP contribution in [0.5, 0.6) is 0 Å². The lowest BCUT2D eigenvalue weighted by atomic mass is 10.1. The summed E-state index contributed by atoms with van der Waals surface area (Å²) in [5.41, 5.74) is 1.20. The molecule has 23 heavy (non-hydrogen) atoms. The normalized spacial score (nSPS) is 24.9. The highest BCUT2D eigenvalue weighted by molar-refractivity contribution is 7.15. The largest absolute Gasteiger partial charge is 0.373 e. The molecule has 0 aliphatic carbocycles. The van der Waals surface area contributed by atoms with Crippen LogP contribution in [0.25, 0.3) is 0 Å². The number of rotatable bonds is 3. The first-order valence-electron chi connectivity index (χ1n) is 7.82. The van der Waals surface area contributed by atoms with Gasteiger partial charge in [-0.3, -0.25) is 4.90 Å². The molecule has 2 unspecified atom stereocenters. The number of anilines is 1. The van der Waals surface area contributed by atoms with E-state index in [9.17, 15) is 0 Å². The number of likely N-dealkylation sites (N-methyl/N-ethyl adjacent to an activating group) is 1. The molecule has 0 saturated carbocycles. The Hall–Kier alpha value is -1.21. The summed E-state index contributed by atoms with van der Waals surface area (Å²) in [7, 11) is 2.18. The van der Waals surface area contributed by atoms with Crippen LogP contribution in [-0.2, 0) is 11.2 Å². The first-order chi connectivity index (χ1) is 11.2. The molecule has 1 aromatic heterocycles. The average molecular weight is 351 g/mol. The number of morpholine rings is 1. The van der Waals surface area contributed by atoms with Crippen molar-refractivity contribution in [3.05, 3.63) is 39.9 Å². The highest BCUT2D eigenvalue weighted by Gasteiger charge is 2.39. The molecule has 0 bridgehead atoms. The van der Waals surface area contributed by atoms with Gasteiger partial charge in [-0.15, -0.1) is 10.2 Å². The lowest BCUT2D eigenvalue weighted by molar-refractivity contribution is -0.0362. The van der Waals surface area contributed by atoms with Crippen LogP contribution in [0.3, 0.4) is 0 Å². The Morgan fingerprint density at radius 2 is 2.09 bits per heavy atom. The van der Waals surface area contributed by atoms with Crippen LogP contribution in [-0.4, -0.2) is 60.5 Å². The minimum Gasteiger partial charge on any atom is -0.373 e. The molecule has 0 amide bonds. The van der Waals surface area contributed by atoms with Gasteiger partial charge in [-0.2, -0.15) is 0 Å². The second-order valence-corrected chi connectivity index (χ2v) is 7.62. The number of ether oxygens (including phenoxy) is 1. The van der Waals surface area contributed by atoms with E-state index in [1.165, 1.54) is 5.56 Å². The minimum absolute atomic E-state index is 0.289. The lowest BCUT2D eigenvalue weighted by Crippen LogP contribution is -2.48. The third-order valence-corrected chi connectivity index (χ3v) is 5.81. The van der Waals surface area contributed by atoms with Crippen molar-refractivity contribution in [2.45, 2.75) is 18.6 Å². The number of hydrogen-bond donors (Lipinski definition) is 0. The van der Waals surface area contributed by atoms with E-state index in [2.05, 4.69) is 27.0 Å². The van der Waals surface area contributed by atoms with Gasteiger partial charge in [-0.1, -0.05) is 35.1 Å². The van der Waals surface area contributed by atoms with Crippen molar-refractivity contribution in [2.24, 2.45) is 0 Å². The van der Waals surface area contributed by atoms with Crippen molar-refractivity contribution in [3.63, 3.8) is 0 Å². The van der Waals surface area contributed by atoms with Crippen LogP contribution in [0.15, 0.2) is 24.3 Å². The maximum absolute atomic E-state index is 5.93. The molecule has 0 N–H and O–H groups in total. The third kappa shape index (κ3) is 3.21. The zero-order valence-electron chi connectivity index (χ0n) is 13.0. The molecule has 2 aliphatic heterocycles. The molecule has 0 radical (unpaired) electrons. The van der Waals surface area contributed by atoms with Crippen LogP contribution in [0.2, 0.25) is 5.02 Å². The Balaban J connectivity index is 1.45. The summed E-state index contributed by atoms with van der Waals surface area (Å²) >= 11 is 7.60. The maximum Gasteiger partial charge on any atom is 0.208 e. The molecule has 2 aromatic rings. The fourth-order valence-electron chi connectivity index (χ4n) is 3.23. The van der Waals surface area contributed by atoms with Gasteiger partial charge in [0.1, 0.15) is 5.01 Å².